The standard InChI is InChI=1S/C18H27NO2/c1-4-13-7-5-6-10-18(13)12-16(19-2)15-9-8-14(20-3)11-17(15)21-18/h8-9,11,13,16,19H,4-7,10,12H2,1-3H3. The Morgan fingerprint density at radius 1 is 1.38 bits per heavy atom. The van der Waals surface area contributed by atoms with Gasteiger partial charge in [0.25, 0.3) is 0 Å². The van der Waals surface area contributed by atoms with Crippen LogP contribution < -0.4 is 14.8 Å². The molecular formula is C18H27NO2. The molecule has 3 atom stereocenters. The van der Waals surface area contributed by atoms with Crippen molar-refractivity contribution >= 4 is 0 Å². The zero-order valence-corrected chi connectivity index (χ0v) is 13.4. The molecule has 0 saturated heterocycles. The van der Waals surface area contributed by atoms with Gasteiger partial charge in [0.1, 0.15) is 17.1 Å². The Labute approximate surface area is 128 Å². The first kappa shape index (κ1) is 14.7. The molecule has 1 heterocycles. The Hall–Kier alpha value is -1.22. The van der Waals surface area contributed by atoms with Crippen molar-refractivity contribution in [3.8, 4) is 11.5 Å². The molecule has 3 heteroatoms. The SMILES string of the molecule is CCC1CCCCC12CC(NC)c1ccc(OC)cc1O2. The van der Waals surface area contributed by atoms with Gasteiger partial charge in [0.15, 0.2) is 0 Å². The van der Waals surface area contributed by atoms with E-state index in [1.807, 2.05) is 6.07 Å². The molecule has 21 heavy (non-hydrogen) atoms. The first-order valence-electron chi connectivity index (χ1n) is 8.26. The van der Waals surface area contributed by atoms with E-state index in [-0.39, 0.29) is 5.60 Å². The first-order valence-corrected chi connectivity index (χ1v) is 8.26. The predicted molar refractivity (Wildman–Crippen MR) is 85.0 cm³/mol. The average molecular weight is 289 g/mol. The fraction of sp³-hybridized carbons (Fsp3) is 0.667. The molecule has 1 spiro atoms. The monoisotopic (exact) mass is 289 g/mol. The van der Waals surface area contributed by atoms with Gasteiger partial charge in [-0.25, -0.2) is 0 Å². The molecule has 2 aliphatic rings. The third kappa shape index (κ3) is 2.52. The number of hydrogen-bond donors (Lipinski definition) is 1. The number of ether oxygens (including phenoxy) is 2. The lowest BCUT2D eigenvalue weighted by atomic mass is 9.69. The summed E-state index contributed by atoms with van der Waals surface area (Å²) in [6.45, 7) is 2.30. The van der Waals surface area contributed by atoms with Gasteiger partial charge in [-0.05, 0) is 44.7 Å². The normalized spacial score (nSPS) is 31.6. The predicted octanol–water partition coefficient (Wildman–Crippen LogP) is 4.08. The highest BCUT2D eigenvalue weighted by molar-refractivity contribution is 5.44. The van der Waals surface area contributed by atoms with Gasteiger partial charge in [0.2, 0.25) is 0 Å². The molecule has 0 aromatic heterocycles. The second-order valence-electron chi connectivity index (χ2n) is 6.47. The van der Waals surface area contributed by atoms with Crippen LogP contribution in [0.1, 0.15) is 57.1 Å². The third-order valence-corrected chi connectivity index (χ3v) is 5.45. The summed E-state index contributed by atoms with van der Waals surface area (Å²) in [5, 5.41) is 3.49. The molecule has 3 unspecified atom stereocenters. The molecule has 0 radical (unpaired) electrons. The van der Waals surface area contributed by atoms with E-state index in [0.717, 1.165) is 17.9 Å². The zero-order valence-electron chi connectivity index (χ0n) is 13.4. The average Bonchev–Trinajstić information content (AvgIpc) is 2.53. The van der Waals surface area contributed by atoms with E-state index in [9.17, 15) is 0 Å². The Morgan fingerprint density at radius 3 is 2.95 bits per heavy atom. The Kier molecular flexibility index (Phi) is 4.12. The molecule has 1 N–H and O–H groups in total. The van der Waals surface area contributed by atoms with Crippen molar-refractivity contribution in [1.29, 1.82) is 0 Å². The maximum Gasteiger partial charge on any atom is 0.128 e. The van der Waals surface area contributed by atoms with Gasteiger partial charge < -0.3 is 14.8 Å². The van der Waals surface area contributed by atoms with Crippen molar-refractivity contribution in [3.63, 3.8) is 0 Å². The molecule has 1 aliphatic carbocycles. The van der Waals surface area contributed by atoms with Crippen LogP contribution in [0.25, 0.3) is 0 Å². The van der Waals surface area contributed by atoms with E-state index >= 15 is 0 Å². The lowest BCUT2D eigenvalue weighted by Gasteiger charge is -2.49. The molecule has 116 valence electrons. The number of rotatable bonds is 3. The van der Waals surface area contributed by atoms with Gasteiger partial charge >= 0.3 is 0 Å². The molecule has 1 fully saturated rings. The van der Waals surface area contributed by atoms with Gasteiger partial charge in [-0.2, -0.15) is 0 Å². The molecule has 3 rings (SSSR count). The molecule has 1 saturated carbocycles. The summed E-state index contributed by atoms with van der Waals surface area (Å²) in [5.74, 6) is 2.56. The van der Waals surface area contributed by atoms with Gasteiger partial charge in [0.05, 0.1) is 7.11 Å². The van der Waals surface area contributed by atoms with Crippen LogP contribution in [0.4, 0.5) is 0 Å². The highest BCUT2D eigenvalue weighted by Crippen LogP contribution is 2.50. The minimum absolute atomic E-state index is 0.0139. The number of methoxy groups -OCH3 is 1. The van der Waals surface area contributed by atoms with Crippen molar-refractivity contribution in [2.75, 3.05) is 14.2 Å². The number of nitrogens with one attached hydrogen (secondary N) is 1. The first-order chi connectivity index (χ1) is 10.2. The summed E-state index contributed by atoms with van der Waals surface area (Å²) >= 11 is 0. The fourth-order valence-electron chi connectivity index (χ4n) is 4.25. The molecule has 0 bridgehead atoms. The molecule has 1 aliphatic heterocycles. The van der Waals surface area contributed by atoms with Crippen LogP contribution in [0, 0.1) is 5.92 Å². The van der Waals surface area contributed by atoms with Crippen molar-refractivity contribution in [1.82, 2.24) is 5.32 Å². The summed E-state index contributed by atoms with van der Waals surface area (Å²) in [6, 6.07) is 6.61. The summed E-state index contributed by atoms with van der Waals surface area (Å²) in [7, 11) is 3.77. The fourth-order valence-corrected chi connectivity index (χ4v) is 4.25. The van der Waals surface area contributed by atoms with Crippen LogP contribution in [0.5, 0.6) is 11.5 Å². The van der Waals surface area contributed by atoms with Gasteiger partial charge in [-0.3, -0.25) is 0 Å². The van der Waals surface area contributed by atoms with Crippen molar-refractivity contribution in [2.45, 2.75) is 57.1 Å². The number of hydrogen-bond acceptors (Lipinski definition) is 3. The van der Waals surface area contributed by atoms with E-state index in [4.69, 9.17) is 9.47 Å². The van der Waals surface area contributed by atoms with E-state index < -0.39 is 0 Å². The largest absolute Gasteiger partial charge is 0.497 e. The van der Waals surface area contributed by atoms with Gasteiger partial charge in [0, 0.05) is 24.1 Å². The molecule has 0 amide bonds. The van der Waals surface area contributed by atoms with E-state index in [0.29, 0.717) is 12.0 Å². The minimum Gasteiger partial charge on any atom is -0.497 e. The zero-order chi connectivity index (χ0) is 14.9. The highest BCUT2D eigenvalue weighted by Gasteiger charge is 2.46. The Balaban J connectivity index is 1.99. The third-order valence-electron chi connectivity index (χ3n) is 5.45. The highest BCUT2D eigenvalue weighted by atomic mass is 16.5. The molecule has 3 nitrogen and oxygen atoms in total. The molecule has 1 aromatic rings. The van der Waals surface area contributed by atoms with Crippen LogP contribution in [0.15, 0.2) is 18.2 Å². The number of fused-ring (bicyclic) bond motifs is 1. The van der Waals surface area contributed by atoms with Crippen molar-refractivity contribution in [3.05, 3.63) is 23.8 Å². The van der Waals surface area contributed by atoms with E-state index in [1.54, 1.807) is 7.11 Å². The van der Waals surface area contributed by atoms with Gasteiger partial charge in [-0.1, -0.05) is 19.4 Å². The van der Waals surface area contributed by atoms with E-state index in [1.165, 1.54) is 37.7 Å². The summed E-state index contributed by atoms with van der Waals surface area (Å²) < 4.78 is 12.0. The van der Waals surface area contributed by atoms with Crippen molar-refractivity contribution in [2.24, 2.45) is 5.92 Å². The topological polar surface area (TPSA) is 30.5 Å². The van der Waals surface area contributed by atoms with Crippen molar-refractivity contribution < 1.29 is 9.47 Å². The summed E-state index contributed by atoms with van der Waals surface area (Å²) in [5.41, 5.74) is 1.28. The quantitative estimate of drug-likeness (QED) is 0.909. The van der Waals surface area contributed by atoms with Crippen LogP contribution in [-0.2, 0) is 0 Å². The van der Waals surface area contributed by atoms with E-state index in [2.05, 4.69) is 31.4 Å². The Morgan fingerprint density at radius 2 is 2.24 bits per heavy atom. The van der Waals surface area contributed by atoms with Crippen LogP contribution in [-0.4, -0.2) is 19.8 Å². The number of benzene rings is 1. The second kappa shape index (κ2) is 5.88. The lowest BCUT2D eigenvalue weighted by Crippen LogP contribution is -2.50. The maximum atomic E-state index is 6.62. The minimum atomic E-state index is 0.0139. The van der Waals surface area contributed by atoms with Crippen LogP contribution in [0.2, 0.25) is 0 Å². The smallest absolute Gasteiger partial charge is 0.128 e. The maximum absolute atomic E-state index is 6.62. The Bertz CT molecular complexity index is 502. The van der Waals surface area contributed by atoms with Gasteiger partial charge in [-0.15, -0.1) is 0 Å². The lowest BCUT2D eigenvalue weighted by molar-refractivity contribution is -0.0519. The van der Waals surface area contributed by atoms with Crippen LogP contribution in [0.3, 0.4) is 0 Å². The molecular weight excluding hydrogens is 262 g/mol. The summed E-state index contributed by atoms with van der Waals surface area (Å²) in [4.78, 5) is 0. The molecule has 1 aromatic carbocycles. The van der Waals surface area contributed by atoms with Crippen LogP contribution >= 0.6 is 0 Å². The second-order valence-corrected chi connectivity index (χ2v) is 6.47. The summed E-state index contributed by atoms with van der Waals surface area (Å²) in [6.07, 6.45) is 7.40.